The highest BCUT2D eigenvalue weighted by molar-refractivity contribution is 5.94. The highest BCUT2D eigenvalue weighted by Crippen LogP contribution is 2.45. The third kappa shape index (κ3) is 3.21. The second-order valence-corrected chi connectivity index (χ2v) is 9.90. The molecule has 1 amide bonds. The van der Waals surface area contributed by atoms with Crippen LogP contribution in [0.5, 0.6) is 0 Å². The number of aromatic nitrogens is 2. The van der Waals surface area contributed by atoms with Crippen molar-refractivity contribution in [3.63, 3.8) is 0 Å². The number of carbonyl (C=O) groups excluding carboxylic acids is 2. The predicted octanol–water partition coefficient (Wildman–Crippen LogP) is 2.28. The number of pyridine rings is 2. The normalized spacial score (nSPS) is 21.3. The zero-order valence-electron chi connectivity index (χ0n) is 20.7. The molecule has 1 aliphatic carbocycles. The van der Waals surface area contributed by atoms with E-state index in [0.717, 1.165) is 22.1 Å². The van der Waals surface area contributed by atoms with Crippen LogP contribution in [0.2, 0.25) is 0 Å². The lowest BCUT2D eigenvalue weighted by Gasteiger charge is -2.31. The summed E-state index contributed by atoms with van der Waals surface area (Å²) in [6.07, 6.45) is 1.15. The lowest BCUT2D eigenvalue weighted by Crippen LogP contribution is -2.44. The molecule has 6 rings (SSSR count). The van der Waals surface area contributed by atoms with Gasteiger partial charge in [0.2, 0.25) is 5.91 Å². The Balaban J connectivity index is 1.63. The van der Waals surface area contributed by atoms with Crippen molar-refractivity contribution in [2.24, 2.45) is 0 Å². The molecule has 0 saturated heterocycles. The largest absolute Gasteiger partial charge is 0.458 e. The molecular weight excluding hydrogens is 481 g/mol. The van der Waals surface area contributed by atoms with E-state index in [1.165, 1.54) is 13.2 Å². The summed E-state index contributed by atoms with van der Waals surface area (Å²) in [7, 11) is 1.45. The maximum absolute atomic E-state index is 14.9. The Kier molecular flexibility index (Phi) is 5.26. The van der Waals surface area contributed by atoms with Gasteiger partial charge in [-0.2, -0.15) is 0 Å². The second kappa shape index (κ2) is 8.19. The fraction of sp³-hybridized carbons (Fsp3) is 0.407. The number of aliphatic hydroxyl groups is 1. The maximum Gasteiger partial charge on any atom is 0.343 e. The summed E-state index contributed by atoms with van der Waals surface area (Å²) in [6.45, 7) is 3.25. The number of aryl methyl sites for hydroxylation is 1. The topological polar surface area (TPSA) is 120 Å². The molecule has 3 aromatic rings. The summed E-state index contributed by atoms with van der Waals surface area (Å²) < 4.78 is 26.6. The molecule has 1 aromatic carbocycles. The van der Waals surface area contributed by atoms with Gasteiger partial charge in [-0.05, 0) is 48.9 Å². The number of nitrogens with one attached hydrogen (secondary N) is 1. The Morgan fingerprint density at radius 3 is 2.84 bits per heavy atom. The summed E-state index contributed by atoms with van der Waals surface area (Å²) in [5.41, 5.74) is 2.43. The van der Waals surface area contributed by atoms with Crippen LogP contribution >= 0.6 is 0 Å². The lowest BCUT2D eigenvalue weighted by atomic mass is 9.81. The molecule has 37 heavy (non-hydrogen) atoms. The number of benzene rings is 1. The molecule has 0 spiro atoms. The number of ether oxygens (including phenoxy) is 2. The van der Waals surface area contributed by atoms with Crippen LogP contribution in [0.4, 0.5) is 4.39 Å². The molecule has 0 radical (unpaired) electrons. The van der Waals surface area contributed by atoms with Crippen LogP contribution in [0, 0.1) is 12.7 Å². The van der Waals surface area contributed by atoms with Crippen LogP contribution in [0.15, 0.2) is 16.9 Å². The zero-order valence-corrected chi connectivity index (χ0v) is 20.7. The number of rotatable bonds is 4. The lowest BCUT2D eigenvalue weighted by molar-refractivity contribution is -0.172. The first-order valence-electron chi connectivity index (χ1n) is 12.3. The van der Waals surface area contributed by atoms with Gasteiger partial charge in [0.15, 0.2) is 5.60 Å². The van der Waals surface area contributed by atoms with Gasteiger partial charge in [-0.25, -0.2) is 14.2 Å². The fourth-order valence-corrected chi connectivity index (χ4v) is 6.07. The number of cyclic esters (lactones) is 1. The van der Waals surface area contributed by atoms with Crippen molar-refractivity contribution in [3.8, 4) is 11.4 Å². The monoisotopic (exact) mass is 507 g/mol. The Morgan fingerprint density at radius 1 is 1.32 bits per heavy atom. The van der Waals surface area contributed by atoms with E-state index in [1.807, 2.05) is 0 Å². The van der Waals surface area contributed by atoms with Crippen molar-refractivity contribution in [1.82, 2.24) is 14.9 Å². The van der Waals surface area contributed by atoms with E-state index in [9.17, 15) is 23.9 Å². The number of amides is 1. The SMILES string of the molecule is CC[C@@]1(O)C(=O)OCc2c1cc1n(c2=O)Cc2c-1nc1cc(F)c(C)c3c1c2C(NC(=O)COC)CC3. The van der Waals surface area contributed by atoms with Gasteiger partial charge in [0.25, 0.3) is 5.56 Å². The molecule has 0 bridgehead atoms. The highest BCUT2D eigenvalue weighted by atomic mass is 19.1. The molecule has 0 fully saturated rings. The number of hydrogen-bond acceptors (Lipinski definition) is 7. The molecule has 3 aliphatic rings. The van der Waals surface area contributed by atoms with Crippen LogP contribution in [-0.4, -0.2) is 40.3 Å². The van der Waals surface area contributed by atoms with Crippen molar-refractivity contribution < 1.29 is 28.6 Å². The van der Waals surface area contributed by atoms with Crippen LogP contribution in [-0.2, 0) is 44.2 Å². The first kappa shape index (κ1) is 23.7. The first-order chi connectivity index (χ1) is 17.7. The first-order valence-corrected chi connectivity index (χ1v) is 12.3. The number of methoxy groups -OCH3 is 1. The molecule has 4 heterocycles. The van der Waals surface area contributed by atoms with E-state index in [4.69, 9.17) is 14.5 Å². The van der Waals surface area contributed by atoms with E-state index in [0.29, 0.717) is 35.3 Å². The van der Waals surface area contributed by atoms with Crippen molar-refractivity contribution >= 4 is 22.8 Å². The molecule has 2 aromatic heterocycles. The third-order valence-corrected chi connectivity index (χ3v) is 7.99. The molecule has 9 nitrogen and oxygen atoms in total. The van der Waals surface area contributed by atoms with Gasteiger partial charge in [-0.3, -0.25) is 9.59 Å². The van der Waals surface area contributed by atoms with Crippen molar-refractivity contribution in [2.75, 3.05) is 13.7 Å². The number of halogens is 1. The smallest absolute Gasteiger partial charge is 0.343 e. The van der Waals surface area contributed by atoms with Crippen molar-refractivity contribution in [3.05, 3.63) is 61.7 Å². The average molecular weight is 508 g/mol. The van der Waals surface area contributed by atoms with Gasteiger partial charge < -0.3 is 24.5 Å². The highest BCUT2D eigenvalue weighted by Gasteiger charge is 2.46. The number of fused-ring (bicyclic) bond motifs is 5. The third-order valence-electron chi connectivity index (χ3n) is 7.99. The van der Waals surface area contributed by atoms with Crippen molar-refractivity contribution in [2.45, 2.75) is 57.9 Å². The quantitative estimate of drug-likeness (QED) is 0.407. The van der Waals surface area contributed by atoms with Gasteiger partial charge in [0.1, 0.15) is 19.0 Å². The Morgan fingerprint density at radius 2 is 2.11 bits per heavy atom. The van der Waals surface area contributed by atoms with E-state index in [1.54, 1.807) is 24.5 Å². The van der Waals surface area contributed by atoms with Gasteiger partial charge in [0.05, 0.1) is 35.1 Å². The summed E-state index contributed by atoms with van der Waals surface area (Å²) >= 11 is 0. The molecule has 2 N–H and O–H groups in total. The summed E-state index contributed by atoms with van der Waals surface area (Å²) in [4.78, 5) is 43.4. The molecule has 0 saturated carbocycles. The van der Waals surface area contributed by atoms with Crippen LogP contribution in [0.1, 0.15) is 59.2 Å². The number of nitrogens with zero attached hydrogens (tertiary/aromatic N) is 2. The van der Waals surface area contributed by atoms with Crippen LogP contribution in [0.3, 0.4) is 0 Å². The molecule has 1 unspecified atom stereocenters. The van der Waals surface area contributed by atoms with Crippen LogP contribution in [0.25, 0.3) is 22.3 Å². The molecule has 2 aliphatic heterocycles. The molecule has 2 atom stereocenters. The molecule has 10 heteroatoms. The minimum atomic E-state index is -1.94. The molecule has 192 valence electrons. The van der Waals surface area contributed by atoms with Gasteiger partial charge in [0, 0.05) is 29.7 Å². The minimum absolute atomic E-state index is 0.0342. The van der Waals surface area contributed by atoms with Crippen LogP contribution < -0.4 is 10.9 Å². The summed E-state index contributed by atoms with van der Waals surface area (Å²) in [6, 6.07) is 2.64. The van der Waals surface area contributed by atoms with E-state index >= 15 is 0 Å². The minimum Gasteiger partial charge on any atom is -0.458 e. The fourth-order valence-electron chi connectivity index (χ4n) is 6.07. The Labute approximate surface area is 211 Å². The van der Waals surface area contributed by atoms with E-state index in [2.05, 4.69) is 5.32 Å². The Bertz CT molecular complexity index is 1600. The molecular formula is C27H26FN3O6. The van der Waals surface area contributed by atoms with Gasteiger partial charge >= 0.3 is 5.97 Å². The average Bonchev–Trinajstić information content (AvgIpc) is 3.24. The standard InChI is InChI=1S/C27H26FN3O6/c1-4-27(35)16-7-20-24-14(9-31(20)25(33)15(16)10-37-26(27)34)23-18(29-21(32)11-36-3)6-5-13-12(2)17(28)8-19(30-24)22(13)23/h7-8,18,35H,4-6,9-11H2,1-3H3,(H,29,32)/t18?,27-/m0/s1. The number of esters is 1. The van der Waals surface area contributed by atoms with Gasteiger partial charge in [-0.15, -0.1) is 0 Å². The predicted molar refractivity (Wildman–Crippen MR) is 130 cm³/mol. The Hall–Kier alpha value is -3.63. The second-order valence-electron chi connectivity index (χ2n) is 9.90. The number of carbonyl (C=O) groups is 2. The summed E-state index contributed by atoms with van der Waals surface area (Å²) in [5, 5.41) is 15.0. The van der Waals surface area contributed by atoms with E-state index in [-0.39, 0.29) is 60.6 Å². The number of hydrogen-bond donors (Lipinski definition) is 2. The maximum atomic E-state index is 14.9. The van der Waals surface area contributed by atoms with E-state index < -0.39 is 11.6 Å². The van der Waals surface area contributed by atoms with Gasteiger partial charge in [-0.1, -0.05) is 6.92 Å². The van der Waals surface area contributed by atoms with Crippen molar-refractivity contribution in [1.29, 1.82) is 0 Å². The summed E-state index contributed by atoms with van der Waals surface area (Å²) in [5.74, 6) is -1.44. The zero-order chi connectivity index (χ0) is 26.2.